The normalized spacial score (nSPS) is 12.8. The van der Waals surface area contributed by atoms with Gasteiger partial charge in [0.05, 0.1) is 23.3 Å². The minimum Gasteiger partial charge on any atom is -0.497 e. The number of nitrogens with zero attached hydrogens (tertiary/aromatic N) is 2. The summed E-state index contributed by atoms with van der Waals surface area (Å²) in [5.41, 5.74) is 2.31. The molecule has 0 bridgehead atoms. The highest BCUT2D eigenvalue weighted by molar-refractivity contribution is 5.95. The Morgan fingerprint density at radius 1 is 1.22 bits per heavy atom. The first-order chi connectivity index (χ1) is 11.0. The number of benzene rings is 2. The minimum absolute atomic E-state index is 0.0704. The summed E-state index contributed by atoms with van der Waals surface area (Å²) in [6, 6.07) is 9.63. The number of methoxy groups -OCH3 is 1. The van der Waals surface area contributed by atoms with E-state index in [9.17, 15) is 20.0 Å². The molecule has 3 rings (SSSR count). The van der Waals surface area contributed by atoms with Gasteiger partial charge in [0.2, 0.25) is 0 Å². The van der Waals surface area contributed by atoms with E-state index in [0.29, 0.717) is 18.8 Å². The fraction of sp³-hybridized carbons (Fsp3) is 0.188. The molecule has 0 aliphatic carbocycles. The molecule has 7 nitrogen and oxygen atoms in total. The zero-order chi connectivity index (χ0) is 16.6. The molecule has 1 aliphatic heterocycles. The maximum atomic E-state index is 11.5. The van der Waals surface area contributed by atoms with Crippen LogP contribution >= 0.6 is 0 Å². The van der Waals surface area contributed by atoms with E-state index in [1.807, 2.05) is 23.1 Å². The molecule has 0 unspecified atom stereocenters. The van der Waals surface area contributed by atoms with Gasteiger partial charge in [-0.25, -0.2) is 4.79 Å². The quantitative estimate of drug-likeness (QED) is 0.689. The molecule has 2 aromatic carbocycles. The second-order valence-corrected chi connectivity index (χ2v) is 5.25. The van der Waals surface area contributed by atoms with E-state index in [2.05, 4.69) is 0 Å². The summed E-state index contributed by atoms with van der Waals surface area (Å²) in [4.78, 5) is 23.6. The van der Waals surface area contributed by atoms with Crippen molar-refractivity contribution in [3.05, 3.63) is 63.2 Å². The van der Waals surface area contributed by atoms with Gasteiger partial charge in [0, 0.05) is 25.2 Å². The average Bonchev–Trinajstić information content (AvgIpc) is 2.96. The number of fused-ring (bicyclic) bond motifs is 1. The number of non-ortho nitro benzene ring substituents is 1. The third-order valence-corrected chi connectivity index (χ3v) is 3.90. The molecular formula is C16H14N2O5. The van der Waals surface area contributed by atoms with Gasteiger partial charge in [0.25, 0.3) is 5.69 Å². The fourth-order valence-electron chi connectivity index (χ4n) is 2.75. The number of anilines is 1. The average molecular weight is 314 g/mol. The molecule has 0 radical (unpaired) electrons. The number of carbonyl (C=O) groups is 1. The molecule has 23 heavy (non-hydrogen) atoms. The number of nitro benzene ring substituents is 1. The van der Waals surface area contributed by atoms with Crippen LogP contribution < -0.4 is 9.64 Å². The van der Waals surface area contributed by atoms with Crippen molar-refractivity contribution < 1.29 is 19.6 Å². The van der Waals surface area contributed by atoms with Crippen LogP contribution in [-0.4, -0.2) is 23.1 Å². The monoisotopic (exact) mass is 314 g/mol. The van der Waals surface area contributed by atoms with Crippen molar-refractivity contribution in [2.75, 3.05) is 12.0 Å². The Morgan fingerprint density at radius 3 is 2.61 bits per heavy atom. The Hall–Kier alpha value is -3.09. The third-order valence-electron chi connectivity index (χ3n) is 3.90. The number of aromatic carboxylic acids is 1. The highest BCUT2D eigenvalue weighted by Gasteiger charge is 2.25. The molecular weight excluding hydrogens is 300 g/mol. The van der Waals surface area contributed by atoms with Crippen molar-refractivity contribution in [3.63, 3.8) is 0 Å². The lowest BCUT2D eigenvalue weighted by atomic mass is 10.1. The first-order valence-electron chi connectivity index (χ1n) is 6.92. The zero-order valence-corrected chi connectivity index (χ0v) is 12.4. The van der Waals surface area contributed by atoms with Crippen molar-refractivity contribution in [2.24, 2.45) is 0 Å². The fourth-order valence-corrected chi connectivity index (χ4v) is 2.75. The van der Waals surface area contributed by atoms with Gasteiger partial charge in [-0.3, -0.25) is 10.1 Å². The summed E-state index contributed by atoms with van der Waals surface area (Å²) in [6.07, 6.45) is 0. The van der Waals surface area contributed by atoms with Gasteiger partial charge in [-0.1, -0.05) is 6.07 Å². The number of carboxylic acids is 1. The maximum absolute atomic E-state index is 11.5. The molecule has 0 atom stereocenters. The molecule has 0 aromatic heterocycles. The Labute approximate surface area is 131 Å². The van der Waals surface area contributed by atoms with Crippen LogP contribution in [0.5, 0.6) is 5.75 Å². The van der Waals surface area contributed by atoms with Crippen molar-refractivity contribution in [2.45, 2.75) is 13.1 Å². The highest BCUT2D eigenvalue weighted by atomic mass is 16.6. The molecule has 0 amide bonds. The Bertz CT molecular complexity index is 803. The van der Waals surface area contributed by atoms with Crippen molar-refractivity contribution in [1.82, 2.24) is 0 Å². The Kier molecular flexibility index (Phi) is 3.61. The number of rotatable bonds is 4. The van der Waals surface area contributed by atoms with E-state index in [0.717, 1.165) is 22.9 Å². The van der Waals surface area contributed by atoms with Gasteiger partial charge in [0.15, 0.2) is 0 Å². The van der Waals surface area contributed by atoms with Crippen molar-refractivity contribution in [1.29, 1.82) is 0 Å². The van der Waals surface area contributed by atoms with Crippen LogP contribution in [0.25, 0.3) is 0 Å². The summed E-state index contributed by atoms with van der Waals surface area (Å²) >= 11 is 0. The largest absolute Gasteiger partial charge is 0.497 e. The number of nitro groups is 1. The zero-order valence-electron chi connectivity index (χ0n) is 12.4. The van der Waals surface area contributed by atoms with Crippen molar-refractivity contribution >= 4 is 17.3 Å². The summed E-state index contributed by atoms with van der Waals surface area (Å²) in [5, 5.41) is 20.2. The Balaban J connectivity index is 1.97. The lowest BCUT2D eigenvalue weighted by Crippen LogP contribution is -2.18. The van der Waals surface area contributed by atoms with Crippen LogP contribution in [0.1, 0.15) is 21.5 Å². The molecule has 1 N–H and O–H groups in total. The summed E-state index contributed by atoms with van der Waals surface area (Å²) in [5.74, 6) is -0.440. The van der Waals surface area contributed by atoms with Crippen LogP contribution in [0.2, 0.25) is 0 Å². The molecule has 2 aromatic rings. The maximum Gasteiger partial charge on any atom is 0.338 e. The molecule has 1 aliphatic rings. The first kappa shape index (κ1) is 14.8. The van der Waals surface area contributed by atoms with Crippen LogP contribution in [0.15, 0.2) is 36.4 Å². The summed E-state index contributed by atoms with van der Waals surface area (Å²) in [7, 11) is 1.59. The number of hydrogen-bond donors (Lipinski definition) is 1. The van der Waals surface area contributed by atoms with E-state index in [4.69, 9.17) is 4.74 Å². The smallest absolute Gasteiger partial charge is 0.338 e. The second kappa shape index (κ2) is 5.60. The molecule has 118 valence electrons. The highest BCUT2D eigenvalue weighted by Crippen LogP contribution is 2.34. The molecule has 0 fully saturated rings. The van der Waals surface area contributed by atoms with E-state index in [1.54, 1.807) is 7.11 Å². The molecule has 0 saturated carbocycles. The van der Waals surface area contributed by atoms with Crippen LogP contribution in [-0.2, 0) is 13.1 Å². The lowest BCUT2D eigenvalue weighted by Gasteiger charge is -2.19. The van der Waals surface area contributed by atoms with Crippen LogP contribution in [0.4, 0.5) is 11.4 Å². The van der Waals surface area contributed by atoms with Gasteiger partial charge in [-0.15, -0.1) is 0 Å². The van der Waals surface area contributed by atoms with E-state index in [-0.39, 0.29) is 11.3 Å². The van der Waals surface area contributed by atoms with Gasteiger partial charge in [-0.05, 0) is 29.3 Å². The molecule has 7 heteroatoms. The van der Waals surface area contributed by atoms with Gasteiger partial charge < -0.3 is 14.7 Å². The molecule has 0 spiro atoms. The predicted molar refractivity (Wildman–Crippen MR) is 82.9 cm³/mol. The van der Waals surface area contributed by atoms with E-state index >= 15 is 0 Å². The predicted octanol–water partition coefficient (Wildman–Crippen LogP) is 2.82. The van der Waals surface area contributed by atoms with Gasteiger partial charge in [0.1, 0.15) is 5.75 Å². The van der Waals surface area contributed by atoms with E-state index in [1.165, 1.54) is 12.1 Å². The molecule has 1 heterocycles. The lowest BCUT2D eigenvalue weighted by molar-refractivity contribution is -0.384. The Morgan fingerprint density at radius 2 is 1.96 bits per heavy atom. The van der Waals surface area contributed by atoms with Crippen LogP contribution in [0.3, 0.4) is 0 Å². The number of hydrogen-bond acceptors (Lipinski definition) is 5. The minimum atomic E-state index is -1.18. The number of ether oxygens (including phenoxy) is 1. The summed E-state index contributed by atoms with van der Waals surface area (Å²) in [6.45, 7) is 1.09. The second-order valence-electron chi connectivity index (χ2n) is 5.25. The topological polar surface area (TPSA) is 92.9 Å². The molecule has 0 saturated heterocycles. The number of carboxylic acid groups (broad SMARTS) is 1. The standard InChI is InChI=1S/C16H14N2O5/c1-23-13-4-2-10-8-17(9-11(10)6-13)15-5-3-12(18(21)22)7-14(15)16(19)20/h2-7H,8-9H2,1H3,(H,19,20). The van der Waals surface area contributed by atoms with Crippen LogP contribution in [0, 0.1) is 10.1 Å². The summed E-state index contributed by atoms with van der Waals surface area (Å²) < 4.78 is 5.20. The van der Waals surface area contributed by atoms with E-state index < -0.39 is 10.9 Å². The third kappa shape index (κ3) is 2.68. The first-order valence-corrected chi connectivity index (χ1v) is 6.92. The van der Waals surface area contributed by atoms with Gasteiger partial charge in [-0.2, -0.15) is 0 Å². The van der Waals surface area contributed by atoms with Crippen molar-refractivity contribution in [3.8, 4) is 5.75 Å². The SMILES string of the molecule is COc1ccc2c(c1)CN(c1ccc([N+](=O)[O-])cc1C(=O)O)C2. The van der Waals surface area contributed by atoms with Gasteiger partial charge >= 0.3 is 5.97 Å².